The SMILES string of the molecule is Cn1ccnc1C(=O)N1CCCN(C(=O)C2CCOCC2)CC1. The molecule has 2 fully saturated rings. The second kappa shape index (κ2) is 7.12. The van der Waals surface area contributed by atoms with Crippen molar-refractivity contribution in [2.75, 3.05) is 39.4 Å². The highest BCUT2D eigenvalue weighted by Gasteiger charge is 2.29. The van der Waals surface area contributed by atoms with E-state index in [9.17, 15) is 9.59 Å². The minimum atomic E-state index is -0.0575. The average molecular weight is 320 g/mol. The van der Waals surface area contributed by atoms with E-state index in [-0.39, 0.29) is 17.7 Å². The number of rotatable bonds is 2. The number of ether oxygens (including phenoxy) is 1. The largest absolute Gasteiger partial charge is 0.381 e. The Balaban J connectivity index is 1.59. The zero-order valence-corrected chi connectivity index (χ0v) is 13.6. The maximum absolute atomic E-state index is 12.6. The van der Waals surface area contributed by atoms with Gasteiger partial charge >= 0.3 is 0 Å². The third-order valence-electron chi connectivity index (χ3n) is 4.68. The van der Waals surface area contributed by atoms with E-state index in [4.69, 9.17) is 4.74 Å². The zero-order valence-electron chi connectivity index (χ0n) is 13.6. The molecular formula is C16H24N4O3. The summed E-state index contributed by atoms with van der Waals surface area (Å²) in [6.45, 7) is 3.92. The highest BCUT2D eigenvalue weighted by atomic mass is 16.5. The van der Waals surface area contributed by atoms with Gasteiger partial charge in [0.05, 0.1) is 0 Å². The van der Waals surface area contributed by atoms with Crippen molar-refractivity contribution in [1.82, 2.24) is 19.4 Å². The Bertz CT molecular complexity index is 565. The van der Waals surface area contributed by atoms with Crippen LogP contribution in [0.3, 0.4) is 0 Å². The van der Waals surface area contributed by atoms with Gasteiger partial charge in [-0.2, -0.15) is 0 Å². The van der Waals surface area contributed by atoms with Crippen LogP contribution in [-0.2, 0) is 16.6 Å². The standard InChI is InChI=1S/C16H24N4O3/c1-18-8-5-17-14(18)16(22)20-7-2-6-19(9-10-20)15(21)13-3-11-23-12-4-13/h5,8,13H,2-4,6-7,9-12H2,1H3. The molecule has 0 aromatic carbocycles. The van der Waals surface area contributed by atoms with Gasteiger partial charge in [0.15, 0.2) is 5.82 Å². The van der Waals surface area contributed by atoms with Gasteiger partial charge in [0.1, 0.15) is 0 Å². The van der Waals surface area contributed by atoms with E-state index in [2.05, 4.69) is 4.98 Å². The van der Waals surface area contributed by atoms with Gasteiger partial charge in [-0.25, -0.2) is 4.98 Å². The van der Waals surface area contributed by atoms with Crippen LogP contribution in [0.5, 0.6) is 0 Å². The third kappa shape index (κ3) is 3.55. The summed E-state index contributed by atoms with van der Waals surface area (Å²) in [6, 6.07) is 0. The molecule has 126 valence electrons. The number of nitrogens with zero attached hydrogens (tertiary/aromatic N) is 4. The fourth-order valence-electron chi connectivity index (χ4n) is 3.26. The summed E-state index contributed by atoms with van der Waals surface area (Å²) in [7, 11) is 1.82. The lowest BCUT2D eigenvalue weighted by Gasteiger charge is -2.28. The molecule has 0 radical (unpaired) electrons. The summed E-state index contributed by atoms with van der Waals surface area (Å²) in [5, 5.41) is 0. The highest BCUT2D eigenvalue weighted by molar-refractivity contribution is 5.91. The first kappa shape index (κ1) is 16.0. The van der Waals surface area contributed by atoms with Crippen molar-refractivity contribution in [3.8, 4) is 0 Å². The molecule has 2 aliphatic heterocycles. The lowest BCUT2D eigenvalue weighted by atomic mass is 9.98. The van der Waals surface area contributed by atoms with Crippen molar-refractivity contribution in [2.45, 2.75) is 19.3 Å². The van der Waals surface area contributed by atoms with Gasteiger partial charge in [-0.3, -0.25) is 9.59 Å². The van der Waals surface area contributed by atoms with Crippen LogP contribution in [0.4, 0.5) is 0 Å². The molecule has 0 saturated carbocycles. The first-order chi connectivity index (χ1) is 11.2. The van der Waals surface area contributed by atoms with Crippen molar-refractivity contribution in [3.05, 3.63) is 18.2 Å². The molecule has 2 saturated heterocycles. The monoisotopic (exact) mass is 320 g/mol. The summed E-state index contributed by atoms with van der Waals surface area (Å²) >= 11 is 0. The fraction of sp³-hybridized carbons (Fsp3) is 0.688. The van der Waals surface area contributed by atoms with Gasteiger partial charge in [0.25, 0.3) is 5.91 Å². The van der Waals surface area contributed by atoms with Crippen molar-refractivity contribution in [3.63, 3.8) is 0 Å². The first-order valence-electron chi connectivity index (χ1n) is 8.30. The minimum Gasteiger partial charge on any atom is -0.381 e. The van der Waals surface area contributed by atoms with Gasteiger partial charge < -0.3 is 19.1 Å². The van der Waals surface area contributed by atoms with Crippen LogP contribution in [0.1, 0.15) is 29.9 Å². The number of carbonyl (C=O) groups excluding carboxylic acids is 2. The van der Waals surface area contributed by atoms with E-state index in [1.54, 1.807) is 21.9 Å². The van der Waals surface area contributed by atoms with E-state index in [1.807, 2.05) is 11.9 Å². The fourth-order valence-corrected chi connectivity index (χ4v) is 3.26. The summed E-state index contributed by atoms with van der Waals surface area (Å²) in [5.41, 5.74) is 0. The Labute approximate surface area is 136 Å². The molecule has 7 heteroatoms. The van der Waals surface area contributed by atoms with E-state index in [1.165, 1.54) is 0 Å². The summed E-state index contributed by atoms with van der Waals surface area (Å²) in [4.78, 5) is 33.0. The molecule has 1 aromatic heterocycles. The maximum Gasteiger partial charge on any atom is 0.289 e. The quantitative estimate of drug-likeness (QED) is 0.797. The molecular weight excluding hydrogens is 296 g/mol. The summed E-state index contributed by atoms with van der Waals surface area (Å²) in [6.07, 6.45) is 5.83. The van der Waals surface area contributed by atoms with E-state index < -0.39 is 0 Å². The van der Waals surface area contributed by atoms with Crippen molar-refractivity contribution in [1.29, 1.82) is 0 Å². The molecule has 3 rings (SSSR count). The topological polar surface area (TPSA) is 67.7 Å². The second-order valence-corrected chi connectivity index (χ2v) is 6.22. The number of hydrogen-bond acceptors (Lipinski definition) is 4. The number of imidazole rings is 1. The van der Waals surface area contributed by atoms with E-state index in [0.29, 0.717) is 38.7 Å². The molecule has 0 spiro atoms. The average Bonchev–Trinajstić information content (AvgIpc) is 2.86. The molecule has 0 bridgehead atoms. The molecule has 23 heavy (non-hydrogen) atoms. The van der Waals surface area contributed by atoms with Gasteiger partial charge in [-0.05, 0) is 19.3 Å². The van der Waals surface area contributed by atoms with Gasteiger partial charge in [-0.15, -0.1) is 0 Å². The normalized spacial score (nSPS) is 20.4. The Morgan fingerprint density at radius 3 is 2.52 bits per heavy atom. The van der Waals surface area contributed by atoms with Gasteiger partial charge in [0.2, 0.25) is 5.91 Å². The number of aromatic nitrogens is 2. The van der Waals surface area contributed by atoms with Crippen molar-refractivity contribution < 1.29 is 14.3 Å². The number of hydrogen-bond donors (Lipinski definition) is 0. The van der Waals surface area contributed by atoms with Crippen LogP contribution in [0.25, 0.3) is 0 Å². The Hall–Kier alpha value is -1.89. The van der Waals surface area contributed by atoms with Crippen LogP contribution >= 0.6 is 0 Å². The summed E-state index contributed by atoms with van der Waals surface area (Å²) in [5.74, 6) is 0.701. The molecule has 0 unspecified atom stereocenters. The van der Waals surface area contributed by atoms with Crippen molar-refractivity contribution >= 4 is 11.8 Å². The lowest BCUT2D eigenvalue weighted by molar-refractivity contribution is -0.138. The molecule has 0 N–H and O–H groups in total. The van der Waals surface area contributed by atoms with Gasteiger partial charge in [0, 0.05) is 64.8 Å². The molecule has 2 aliphatic rings. The molecule has 3 heterocycles. The predicted molar refractivity (Wildman–Crippen MR) is 83.9 cm³/mol. The number of amides is 2. The molecule has 1 aromatic rings. The van der Waals surface area contributed by atoms with Crippen LogP contribution in [0.15, 0.2) is 12.4 Å². The van der Waals surface area contributed by atoms with Crippen LogP contribution in [-0.4, -0.2) is 70.6 Å². The Kier molecular flexibility index (Phi) is 4.95. The summed E-state index contributed by atoms with van der Waals surface area (Å²) < 4.78 is 7.06. The highest BCUT2D eigenvalue weighted by Crippen LogP contribution is 2.19. The van der Waals surface area contributed by atoms with E-state index in [0.717, 1.165) is 25.8 Å². The smallest absolute Gasteiger partial charge is 0.289 e. The zero-order chi connectivity index (χ0) is 16.2. The number of carbonyl (C=O) groups is 2. The predicted octanol–water partition coefficient (Wildman–Crippen LogP) is 0.521. The van der Waals surface area contributed by atoms with Crippen LogP contribution < -0.4 is 0 Å². The first-order valence-corrected chi connectivity index (χ1v) is 8.30. The third-order valence-corrected chi connectivity index (χ3v) is 4.68. The Morgan fingerprint density at radius 1 is 1.13 bits per heavy atom. The van der Waals surface area contributed by atoms with E-state index >= 15 is 0 Å². The molecule has 0 aliphatic carbocycles. The molecule has 7 nitrogen and oxygen atoms in total. The minimum absolute atomic E-state index is 0.0575. The van der Waals surface area contributed by atoms with Crippen LogP contribution in [0, 0.1) is 5.92 Å². The lowest BCUT2D eigenvalue weighted by Crippen LogP contribution is -2.41. The second-order valence-electron chi connectivity index (χ2n) is 6.22. The molecule has 0 atom stereocenters. The maximum atomic E-state index is 12.6. The molecule has 2 amide bonds. The van der Waals surface area contributed by atoms with Crippen LogP contribution in [0.2, 0.25) is 0 Å². The van der Waals surface area contributed by atoms with Crippen molar-refractivity contribution in [2.24, 2.45) is 13.0 Å². The Morgan fingerprint density at radius 2 is 1.83 bits per heavy atom. The van der Waals surface area contributed by atoms with Gasteiger partial charge in [-0.1, -0.05) is 0 Å². The number of aryl methyl sites for hydroxylation is 1.